The molecule has 5 nitrogen and oxygen atoms in total. The third-order valence-corrected chi connectivity index (χ3v) is 2.98. The molecule has 0 fully saturated rings. The van der Waals surface area contributed by atoms with E-state index < -0.39 is 0 Å². The van der Waals surface area contributed by atoms with E-state index in [2.05, 4.69) is 14.8 Å². The number of azide groups is 1. The summed E-state index contributed by atoms with van der Waals surface area (Å²) in [5, 5.41) is 3.68. The summed E-state index contributed by atoms with van der Waals surface area (Å²) in [7, 11) is 1.36. The van der Waals surface area contributed by atoms with Crippen LogP contribution in [0.1, 0.15) is 20.3 Å². The van der Waals surface area contributed by atoms with Gasteiger partial charge in [-0.15, -0.1) is 0 Å². The van der Waals surface area contributed by atoms with Gasteiger partial charge in [0.25, 0.3) is 0 Å². The Morgan fingerprint density at radius 2 is 2.33 bits per heavy atom. The van der Waals surface area contributed by atoms with E-state index in [1.165, 1.54) is 7.11 Å². The topological polar surface area (TPSA) is 75.1 Å². The van der Waals surface area contributed by atoms with E-state index in [0.29, 0.717) is 17.9 Å². The zero-order chi connectivity index (χ0) is 11.4. The molecule has 0 saturated heterocycles. The van der Waals surface area contributed by atoms with E-state index in [1.807, 2.05) is 13.8 Å². The SMILES string of the molecule is COC(=O)C1=CC(N=[N+]=[N-])C(C)C(C)C1. The van der Waals surface area contributed by atoms with Crippen LogP contribution in [0.3, 0.4) is 0 Å². The Hall–Kier alpha value is -1.48. The lowest BCUT2D eigenvalue weighted by Gasteiger charge is -2.29. The third-order valence-electron chi connectivity index (χ3n) is 2.98. The summed E-state index contributed by atoms with van der Waals surface area (Å²) in [6, 6.07) is -0.243. The van der Waals surface area contributed by atoms with Crippen molar-refractivity contribution in [1.82, 2.24) is 0 Å². The largest absolute Gasteiger partial charge is 0.466 e. The summed E-state index contributed by atoms with van der Waals surface area (Å²) in [5.74, 6) is 0.251. The van der Waals surface area contributed by atoms with Gasteiger partial charge in [0, 0.05) is 10.5 Å². The number of nitrogens with zero attached hydrogens (tertiary/aromatic N) is 3. The second-order valence-corrected chi connectivity index (χ2v) is 3.92. The Balaban J connectivity index is 2.95. The predicted octanol–water partition coefficient (Wildman–Crippen LogP) is 2.44. The molecule has 0 aliphatic heterocycles. The van der Waals surface area contributed by atoms with Gasteiger partial charge in [0.15, 0.2) is 0 Å². The van der Waals surface area contributed by atoms with Crippen LogP contribution in [-0.2, 0) is 9.53 Å². The highest BCUT2D eigenvalue weighted by Gasteiger charge is 2.29. The fourth-order valence-corrected chi connectivity index (χ4v) is 1.78. The molecule has 3 unspecified atom stereocenters. The molecule has 0 aromatic carbocycles. The molecule has 3 atom stereocenters. The van der Waals surface area contributed by atoms with Crippen molar-refractivity contribution in [2.45, 2.75) is 26.3 Å². The van der Waals surface area contributed by atoms with Gasteiger partial charge in [0.1, 0.15) is 0 Å². The Labute approximate surface area is 88.7 Å². The first-order valence-corrected chi connectivity index (χ1v) is 4.93. The van der Waals surface area contributed by atoms with Gasteiger partial charge in [0.2, 0.25) is 0 Å². The number of esters is 1. The van der Waals surface area contributed by atoms with E-state index in [9.17, 15) is 4.79 Å². The van der Waals surface area contributed by atoms with Gasteiger partial charge in [-0.25, -0.2) is 4.79 Å². The maximum Gasteiger partial charge on any atom is 0.333 e. The van der Waals surface area contributed by atoms with E-state index >= 15 is 0 Å². The van der Waals surface area contributed by atoms with Crippen LogP contribution >= 0.6 is 0 Å². The first-order chi connectivity index (χ1) is 7.10. The zero-order valence-corrected chi connectivity index (χ0v) is 9.17. The highest BCUT2D eigenvalue weighted by molar-refractivity contribution is 5.88. The van der Waals surface area contributed by atoms with Gasteiger partial charge >= 0.3 is 5.97 Å². The molecule has 5 heteroatoms. The van der Waals surface area contributed by atoms with Crippen LogP contribution in [0.5, 0.6) is 0 Å². The highest BCUT2D eigenvalue weighted by Crippen LogP contribution is 2.31. The number of carbonyl (C=O) groups excluding carboxylic acids is 1. The average molecular weight is 209 g/mol. The lowest BCUT2D eigenvalue weighted by Crippen LogP contribution is -2.28. The summed E-state index contributed by atoms with van der Waals surface area (Å²) in [6.45, 7) is 4.06. The molecule has 15 heavy (non-hydrogen) atoms. The molecule has 0 N–H and O–H groups in total. The molecule has 0 saturated carbocycles. The molecular formula is C10H15N3O2. The summed E-state index contributed by atoms with van der Waals surface area (Å²) in [6.07, 6.45) is 2.40. The van der Waals surface area contributed by atoms with Crippen LogP contribution in [-0.4, -0.2) is 19.1 Å². The smallest absolute Gasteiger partial charge is 0.333 e. The minimum atomic E-state index is -0.327. The first-order valence-electron chi connectivity index (χ1n) is 4.93. The van der Waals surface area contributed by atoms with Gasteiger partial charge in [0.05, 0.1) is 13.2 Å². The molecular weight excluding hydrogens is 194 g/mol. The summed E-state index contributed by atoms with van der Waals surface area (Å²) >= 11 is 0. The quantitative estimate of drug-likeness (QED) is 0.303. The van der Waals surface area contributed by atoms with Gasteiger partial charge in [-0.2, -0.15) is 0 Å². The van der Waals surface area contributed by atoms with E-state index in [4.69, 9.17) is 5.53 Å². The van der Waals surface area contributed by atoms with Crippen LogP contribution in [0.4, 0.5) is 0 Å². The molecule has 1 aliphatic carbocycles. The van der Waals surface area contributed by atoms with Crippen LogP contribution in [0.2, 0.25) is 0 Å². The second kappa shape index (κ2) is 4.84. The molecule has 0 heterocycles. The van der Waals surface area contributed by atoms with Crippen molar-refractivity contribution in [1.29, 1.82) is 0 Å². The van der Waals surface area contributed by atoms with Crippen LogP contribution < -0.4 is 0 Å². The standard InChI is InChI=1S/C10H15N3O2/c1-6-4-8(10(14)15-3)5-9(7(6)2)12-13-11/h5-7,9H,4H2,1-3H3. The molecule has 0 aromatic rings. The maximum absolute atomic E-state index is 11.3. The van der Waals surface area contributed by atoms with Crippen LogP contribution in [0.25, 0.3) is 10.4 Å². The molecule has 0 aromatic heterocycles. The van der Waals surface area contributed by atoms with Crippen molar-refractivity contribution in [2.75, 3.05) is 7.11 Å². The number of hydrogen-bond donors (Lipinski definition) is 0. The molecule has 0 bridgehead atoms. The molecule has 0 amide bonds. The lowest BCUT2D eigenvalue weighted by atomic mass is 9.79. The number of hydrogen-bond acceptors (Lipinski definition) is 3. The van der Waals surface area contributed by atoms with Crippen molar-refractivity contribution in [3.63, 3.8) is 0 Å². The summed E-state index contributed by atoms with van der Waals surface area (Å²) in [5.41, 5.74) is 9.03. The van der Waals surface area contributed by atoms with E-state index in [1.54, 1.807) is 6.08 Å². The normalized spacial score (nSPS) is 30.1. The Kier molecular flexibility index (Phi) is 3.74. The number of ether oxygens (including phenoxy) is 1. The Morgan fingerprint density at radius 3 is 2.87 bits per heavy atom. The van der Waals surface area contributed by atoms with Gasteiger partial charge in [-0.05, 0) is 23.8 Å². The van der Waals surface area contributed by atoms with E-state index in [0.717, 1.165) is 0 Å². The Morgan fingerprint density at radius 1 is 1.67 bits per heavy atom. The monoisotopic (exact) mass is 209 g/mol. The van der Waals surface area contributed by atoms with Gasteiger partial charge in [-0.1, -0.05) is 25.0 Å². The number of carbonyl (C=O) groups is 1. The molecule has 1 aliphatic rings. The van der Waals surface area contributed by atoms with Crippen molar-refractivity contribution in [3.05, 3.63) is 22.1 Å². The van der Waals surface area contributed by atoms with Crippen molar-refractivity contribution < 1.29 is 9.53 Å². The van der Waals surface area contributed by atoms with E-state index in [-0.39, 0.29) is 17.9 Å². The third kappa shape index (κ3) is 2.50. The Bertz CT molecular complexity index is 332. The van der Waals surface area contributed by atoms with Crippen molar-refractivity contribution >= 4 is 5.97 Å². The van der Waals surface area contributed by atoms with Gasteiger partial charge < -0.3 is 4.74 Å². The van der Waals surface area contributed by atoms with Crippen LogP contribution in [0, 0.1) is 11.8 Å². The predicted molar refractivity (Wildman–Crippen MR) is 56.0 cm³/mol. The fraction of sp³-hybridized carbons (Fsp3) is 0.700. The number of methoxy groups -OCH3 is 1. The molecule has 0 radical (unpaired) electrons. The van der Waals surface area contributed by atoms with Gasteiger partial charge in [-0.3, -0.25) is 0 Å². The second-order valence-electron chi connectivity index (χ2n) is 3.92. The lowest BCUT2D eigenvalue weighted by molar-refractivity contribution is -0.136. The summed E-state index contributed by atoms with van der Waals surface area (Å²) < 4.78 is 4.66. The van der Waals surface area contributed by atoms with Crippen molar-refractivity contribution in [3.8, 4) is 0 Å². The van der Waals surface area contributed by atoms with Crippen molar-refractivity contribution in [2.24, 2.45) is 17.0 Å². The summed E-state index contributed by atoms with van der Waals surface area (Å²) in [4.78, 5) is 14.1. The first kappa shape index (κ1) is 11.6. The minimum absolute atomic E-state index is 0.243. The number of rotatable bonds is 2. The molecule has 1 rings (SSSR count). The molecule has 82 valence electrons. The zero-order valence-electron chi connectivity index (χ0n) is 9.17. The minimum Gasteiger partial charge on any atom is -0.466 e. The highest BCUT2D eigenvalue weighted by atomic mass is 16.5. The van der Waals surface area contributed by atoms with Crippen LogP contribution in [0.15, 0.2) is 16.8 Å². The fourth-order valence-electron chi connectivity index (χ4n) is 1.78. The maximum atomic E-state index is 11.3. The average Bonchev–Trinajstić information content (AvgIpc) is 2.23. The molecule has 0 spiro atoms.